The van der Waals surface area contributed by atoms with Crippen LogP contribution in [-0.4, -0.2) is 69.0 Å². The Morgan fingerprint density at radius 3 is 3.00 bits per heavy atom. The molecule has 0 amide bonds. The predicted octanol–water partition coefficient (Wildman–Crippen LogP) is -1.20. The maximum absolute atomic E-state index is 10.1. The van der Waals surface area contributed by atoms with E-state index < -0.39 is 6.10 Å². The molecule has 0 aliphatic heterocycles. The Bertz CT molecular complexity index is 330. The lowest BCUT2D eigenvalue weighted by atomic mass is 10.5. The van der Waals surface area contributed by atoms with Crippen LogP contribution in [0.5, 0.6) is 0 Å². The number of tetrazole rings is 1. The first-order valence-corrected chi connectivity index (χ1v) is 5.71. The van der Waals surface area contributed by atoms with Gasteiger partial charge in [0.1, 0.15) is 6.10 Å². The molecule has 1 unspecified atom stereocenters. The van der Waals surface area contributed by atoms with Crippen LogP contribution in [0.15, 0.2) is 5.16 Å². The number of hydrogen-bond acceptors (Lipinski definition) is 7. The van der Waals surface area contributed by atoms with Gasteiger partial charge in [-0.05, 0) is 24.5 Å². The summed E-state index contributed by atoms with van der Waals surface area (Å²) in [7, 11) is 3.92. The molecule has 8 heteroatoms. The van der Waals surface area contributed by atoms with Crippen LogP contribution in [0.3, 0.4) is 0 Å². The second-order valence-corrected chi connectivity index (χ2v) is 4.42. The molecule has 1 rings (SSSR count). The third-order valence-electron chi connectivity index (χ3n) is 1.76. The van der Waals surface area contributed by atoms with Crippen molar-refractivity contribution in [3.8, 4) is 0 Å². The monoisotopic (exact) mass is 244 g/mol. The number of thioether (sulfide) groups is 1. The van der Waals surface area contributed by atoms with Crippen LogP contribution in [-0.2, 0) is 11.3 Å². The topological polar surface area (TPSA) is 84.1 Å². The second kappa shape index (κ2) is 6.56. The highest BCUT2D eigenvalue weighted by Gasteiger charge is 2.10. The first-order chi connectivity index (χ1) is 7.63. The highest BCUT2D eigenvalue weighted by atomic mass is 32.2. The van der Waals surface area contributed by atoms with E-state index in [9.17, 15) is 4.79 Å². The second-order valence-electron chi connectivity index (χ2n) is 3.43. The Kier molecular flexibility index (Phi) is 5.36. The highest BCUT2D eigenvalue weighted by molar-refractivity contribution is 7.99. The van der Waals surface area contributed by atoms with E-state index in [0.717, 1.165) is 6.54 Å². The zero-order valence-electron chi connectivity index (χ0n) is 9.20. The number of aromatic nitrogens is 4. The van der Waals surface area contributed by atoms with Gasteiger partial charge in [-0.15, -0.1) is 5.10 Å². The van der Waals surface area contributed by atoms with Gasteiger partial charge < -0.3 is 10.0 Å². The lowest BCUT2D eigenvalue weighted by molar-refractivity contribution is 0.258. The summed E-state index contributed by atoms with van der Waals surface area (Å²) in [6, 6.07) is 0. The highest BCUT2D eigenvalue weighted by Crippen LogP contribution is 2.13. The number of aliphatic hydroxyl groups excluding tert-OH is 1. The van der Waals surface area contributed by atoms with Gasteiger partial charge in [-0.2, -0.15) is 0 Å². The van der Waals surface area contributed by atoms with Gasteiger partial charge in [-0.3, -0.25) is 4.79 Å². The van der Waals surface area contributed by atoms with Gasteiger partial charge in [0.05, 0.1) is 6.54 Å². The molecule has 1 atom stereocenters. The Morgan fingerprint density at radius 2 is 2.38 bits per heavy atom. The van der Waals surface area contributed by atoms with E-state index in [1.807, 2.05) is 19.0 Å². The van der Waals surface area contributed by atoms with E-state index in [-0.39, 0.29) is 5.75 Å². The van der Waals surface area contributed by atoms with Crippen LogP contribution in [0.1, 0.15) is 0 Å². The van der Waals surface area contributed by atoms with Crippen molar-refractivity contribution in [3.63, 3.8) is 0 Å². The molecule has 0 saturated heterocycles. The molecular weight excluding hydrogens is 230 g/mol. The largest absolute Gasteiger partial charge is 0.384 e. The van der Waals surface area contributed by atoms with Gasteiger partial charge >= 0.3 is 0 Å². The van der Waals surface area contributed by atoms with E-state index in [4.69, 9.17) is 5.11 Å². The third kappa shape index (κ3) is 4.25. The summed E-state index contributed by atoms with van der Waals surface area (Å²) in [4.78, 5) is 12.1. The average Bonchev–Trinajstić information content (AvgIpc) is 2.70. The molecule has 1 radical (unpaired) electrons. The van der Waals surface area contributed by atoms with E-state index in [1.54, 1.807) is 4.68 Å². The van der Waals surface area contributed by atoms with Crippen LogP contribution in [0.25, 0.3) is 0 Å². The molecule has 1 N–H and O–H groups in total. The van der Waals surface area contributed by atoms with E-state index >= 15 is 0 Å². The predicted molar refractivity (Wildman–Crippen MR) is 58.8 cm³/mol. The minimum Gasteiger partial charge on any atom is -0.384 e. The molecule has 0 bridgehead atoms. The molecule has 0 spiro atoms. The van der Waals surface area contributed by atoms with Crippen LogP contribution in [0.2, 0.25) is 0 Å². The summed E-state index contributed by atoms with van der Waals surface area (Å²) >= 11 is 1.23. The van der Waals surface area contributed by atoms with Gasteiger partial charge in [-0.1, -0.05) is 11.8 Å². The normalized spacial score (nSPS) is 13.0. The maximum Gasteiger partial charge on any atom is 0.230 e. The fourth-order valence-electron chi connectivity index (χ4n) is 0.922. The van der Waals surface area contributed by atoms with Crippen molar-refractivity contribution in [1.29, 1.82) is 0 Å². The number of aliphatic hydroxyl groups is 1. The van der Waals surface area contributed by atoms with Crippen molar-refractivity contribution in [1.82, 2.24) is 25.1 Å². The number of carbonyl (C=O) groups excluding carboxylic acids is 1. The molecule has 16 heavy (non-hydrogen) atoms. The summed E-state index contributed by atoms with van der Waals surface area (Å²) in [5, 5.41) is 20.8. The summed E-state index contributed by atoms with van der Waals surface area (Å²) in [5.41, 5.74) is 0. The van der Waals surface area contributed by atoms with Gasteiger partial charge in [0.25, 0.3) is 0 Å². The molecule has 1 aromatic rings. The van der Waals surface area contributed by atoms with E-state index in [1.165, 1.54) is 18.0 Å². The van der Waals surface area contributed by atoms with Crippen molar-refractivity contribution >= 4 is 18.0 Å². The van der Waals surface area contributed by atoms with Crippen molar-refractivity contribution in [2.45, 2.75) is 17.8 Å². The van der Waals surface area contributed by atoms with E-state index in [2.05, 4.69) is 15.5 Å². The Morgan fingerprint density at radius 1 is 1.62 bits per heavy atom. The van der Waals surface area contributed by atoms with Crippen LogP contribution in [0, 0.1) is 0 Å². The van der Waals surface area contributed by atoms with Crippen LogP contribution < -0.4 is 0 Å². The van der Waals surface area contributed by atoms with Crippen LogP contribution in [0.4, 0.5) is 0 Å². The Labute approximate surface area is 97.8 Å². The first-order valence-electron chi connectivity index (χ1n) is 4.73. The van der Waals surface area contributed by atoms with Gasteiger partial charge in [0.15, 0.2) is 0 Å². The molecule has 0 aromatic carbocycles. The molecule has 0 saturated carbocycles. The summed E-state index contributed by atoms with van der Waals surface area (Å²) in [6.45, 7) is 1.49. The summed E-state index contributed by atoms with van der Waals surface area (Å²) in [6.07, 6.45) is 0.402. The van der Waals surface area contributed by atoms with Crippen molar-refractivity contribution in [2.75, 3.05) is 26.4 Å². The maximum atomic E-state index is 10.1. The number of hydrogen-bond donors (Lipinski definition) is 1. The molecule has 0 aliphatic carbocycles. The molecule has 7 nitrogen and oxygen atoms in total. The van der Waals surface area contributed by atoms with Gasteiger partial charge in [0.2, 0.25) is 11.4 Å². The SMILES string of the molecule is CN(C)CCn1nnnc1SCC(O)[C]=O. The lowest BCUT2D eigenvalue weighted by Gasteiger charge is -2.09. The summed E-state index contributed by atoms with van der Waals surface area (Å²) < 4.78 is 1.64. The van der Waals surface area contributed by atoms with Gasteiger partial charge in [0, 0.05) is 12.3 Å². The molecule has 89 valence electrons. The fourth-order valence-corrected chi connectivity index (χ4v) is 1.67. The molecule has 0 fully saturated rings. The number of rotatable bonds is 7. The molecule has 1 aromatic heterocycles. The third-order valence-corrected chi connectivity index (χ3v) is 2.80. The molecule has 0 aliphatic rings. The lowest BCUT2D eigenvalue weighted by Crippen LogP contribution is -2.20. The fraction of sp³-hybridized carbons (Fsp3) is 0.750. The van der Waals surface area contributed by atoms with Crippen LogP contribution >= 0.6 is 11.8 Å². The zero-order valence-corrected chi connectivity index (χ0v) is 10.0. The first kappa shape index (κ1) is 13.1. The van der Waals surface area contributed by atoms with Crippen molar-refractivity contribution in [2.24, 2.45) is 0 Å². The standard InChI is InChI=1S/C8H14N5O2S/c1-12(2)3-4-13-8(9-10-11-13)16-6-7(15)5-14/h7,15H,3-4,6H2,1-2H3. The number of nitrogens with zero attached hydrogens (tertiary/aromatic N) is 5. The Balaban J connectivity index is 2.46. The summed E-state index contributed by atoms with van der Waals surface area (Å²) in [5.74, 6) is 0.214. The minimum atomic E-state index is -1.09. The van der Waals surface area contributed by atoms with Crippen molar-refractivity contribution in [3.05, 3.63) is 0 Å². The van der Waals surface area contributed by atoms with Gasteiger partial charge in [-0.25, -0.2) is 4.68 Å². The zero-order chi connectivity index (χ0) is 12.0. The smallest absolute Gasteiger partial charge is 0.230 e. The minimum absolute atomic E-state index is 0.214. The number of likely N-dealkylation sites (N-methyl/N-ethyl adjacent to an activating group) is 1. The van der Waals surface area contributed by atoms with Crippen molar-refractivity contribution < 1.29 is 9.90 Å². The quantitative estimate of drug-likeness (QED) is 0.603. The van der Waals surface area contributed by atoms with E-state index in [0.29, 0.717) is 11.7 Å². The molecule has 1 heterocycles. The Hall–Kier alpha value is -0.990. The average molecular weight is 244 g/mol. The molecular formula is C8H14N5O2S.